The van der Waals surface area contributed by atoms with Gasteiger partial charge in [-0.25, -0.2) is 4.79 Å². The van der Waals surface area contributed by atoms with Crippen molar-refractivity contribution >= 4 is 12.0 Å². The van der Waals surface area contributed by atoms with Gasteiger partial charge in [0.2, 0.25) is 0 Å². The van der Waals surface area contributed by atoms with E-state index in [2.05, 4.69) is 29.5 Å². The maximum absolute atomic E-state index is 11.7. The lowest BCUT2D eigenvalue weighted by Crippen LogP contribution is -2.44. The highest BCUT2D eigenvalue weighted by Gasteiger charge is 2.29. The van der Waals surface area contributed by atoms with Crippen LogP contribution in [-0.2, 0) is 4.79 Å². The Bertz CT molecular complexity index is 345. The molecule has 122 valence electrons. The molecular weight excluding hydrogens is 270 g/mol. The minimum Gasteiger partial charge on any atom is -0.481 e. The number of urea groups is 1. The van der Waals surface area contributed by atoms with E-state index in [4.69, 9.17) is 5.11 Å². The van der Waals surface area contributed by atoms with Crippen LogP contribution >= 0.6 is 0 Å². The number of aliphatic carboxylic acids is 1. The topological polar surface area (TPSA) is 81.7 Å². The fourth-order valence-corrected chi connectivity index (χ4v) is 2.23. The van der Waals surface area contributed by atoms with Crippen LogP contribution in [-0.4, -0.2) is 54.2 Å². The number of nitrogens with one attached hydrogen (secondary N) is 2. The second-order valence-electron chi connectivity index (χ2n) is 6.21. The first-order valence-electron chi connectivity index (χ1n) is 7.85. The Labute approximate surface area is 127 Å². The highest BCUT2D eigenvalue weighted by atomic mass is 16.4. The molecule has 1 aliphatic rings. The van der Waals surface area contributed by atoms with Crippen LogP contribution in [0.1, 0.15) is 46.0 Å². The number of hydrogen-bond acceptors (Lipinski definition) is 3. The summed E-state index contributed by atoms with van der Waals surface area (Å²) in [5.74, 6) is -0.456. The minimum atomic E-state index is -0.763. The Hall–Kier alpha value is -1.30. The SMILES string of the molecule is CC(CCNC(=O)NCC(C)N(C)C1CC1)CCC(=O)O. The van der Waals surface area contributed by atoms with Crippen LogP contribution < -0.4 is 10.6 Å². The zero-order valence-corrected chi connectivity index (χ0v) is 13.4. The number of carbonyl (C=O) groups excluding carboxylic acids is 1. The summed E-state index contributed by atoms with van der Waals surface area (Å²) in [4.78, 5) is 24.4. The van der Waals surface area contributed by atoms with Gasteiger partial charge in [0.1, 0.15) is 0 Å². The van der Waals surface area contributed by atoms with Crippen molar-refractivity contribution in [1.29, 1.82) is 0 Å². The zero-order chi connectivity index (χ0) is 15.8. The van der Waals surface area contributed by atoms with Crippen molar-refractivity contribution in [3.63, 3.8) is 0 Å². The number of rotatable bonds is 10. The lowest BCUT2D eigenvalue weighted by Gasteiger charge is -2.24. The number of likely N-dealkylation sites (N-methyl/N-ethyl adjacent to an activating group) is 1. The molecule has 2 amide bonds. The van der Waals surface area contributed by atoms with Crippen molar-refractivity contribution in [3.05, 3.63) is 0 Å². The minimum absolute atomic E-state index is 0.142. The monoisotopic (exact) mass is 299 g/mol. The van der Waals surface area contributed by atoms with Crippen LogP contribution in [0.3, 0.4) is 0 Å². The van der Waals surface area contributed by atoms with Crippen LogP contribution in [0, 0.1) is 5.92 Å². The second-order valence-corrected chi connectivity index (χ2v) is 6.21. The molecule has 1 aliphatic carbocycles. The summed E-state index contributed by atoms with van der Waals surface area (Å²) in [5, 5.41) is 14.3. The lowest BCUT2D eigenvalue weighted by atomic mass is 10.0. The van der Waals surface area contributed by atoms with E-state index in [1.807, 2.05) is 6.92 Å². The molecule has 1 saturated carbocycles. The van der Waals surface area contributed by atoms with Crippen molar-refractivity contribution < 1.29 is 14.7 Å². The Kier molecular flexibility index (Phi) is 7.50. The highest BCUT2D eigenvalue weighted by Crippen LogP contribution is 2.26. The quantitative estimate of drug-likeness (QED) is 0.573. The molecule has 1 fully saturated rings. The summed E-state index contributed by atoms with van der Waals surface area (Å²) < 4.78 is 0. The third kappa shape index (κ3) is 7.90. The highest BCUT2D eigenvalue weighted by molar-refractivity contribution is 5.73. The first-order chi connectivity index (χ1) is 9.90. The molecular formula is C15H29N3O3. The van der Waals surface area contributed by atoms with E-state index >= 15 is 0 Å². The predicted molar refractivity (Wildman–Crippen MR) is 82.3 cm³/mol. The molecule has 3 N–H and O–H groups in total. The molecule has 0 heterocycles. The number of carboxylic acids is 1. The molecule has 0 spiro atoms. The average Bonchev–Trinajstić information content (AvgIpc) is 3.26. The van der Waals surface area contributed by atoms with Gasteiger partial charge in [-0.15, -0.1) is 0 Å². The summed E-state index contributed by atoms with van der Waals surface area (Å²) in [7, 11) is 2.10. The second kappa shape index (κ2) is 8.87. The summed E-state index contributed by atoms with van der Waals surface area (Å²) in [6.45, 7) is 5.36. The number of hydrogen-bond donors (Lipinski definition) is 3. The largest absolute Gasteiger partial charge is 0.481 e. The number of carbonyl (C=O) groups is 2. The molecule has 2 atom stereocenters. The van der Waals surface area contributed by atoms with Crippen LogP contribution in [0.5, 0.6) is 0 Å². The molecule has 0 saturated heterocycles. The van der Waals surface area contributed by atoms with Gasteiger partial charge >= 0.3 is 12.0 Å². The van der Waals surface area contributed by atoms with Gasteiger partial charge in [0.05, 0.1) is 0 Å². The van der Waals surface area contributed by atoms with Gasteiger partial charge in [0, 0.05) is 31.6 Å². The van der Waals surface area contributed by atoms with Crippen molar-refractivity contribution in [1.82, 2.24) is 15.5 Å². The van der Waals surface area contributed by atoms with E-state index in [0.29, 0.717) is 37.5 Å². The van der Waals surface area contributed by atoms with Crippen molar-refractivity contribution in [2.75, 3.05) is 20.1 Å². The average molecular weight is 299 g/mol. The molecule has 2 unspecified atom stereocenters. The van der Waals surface area contributed by atoms with Crippen LogP contribution in [0.25, 0.3) is 0 Å². The first kappa shape index (κ1) is 17.8. The smallest absolute Gasteiger partial charge is 0.314 e. The zero-order valence-electron chi connectivity index (χ0n) is 13.4. The van der Waals surface area contributed by atoms with E-state index in [0.717, 1.165) is 6.42 Å². The molecule has 0 aromatic carbocycles. The maximum Gasteiger partial charge on any atom is 0.314 e. The van der Waals surface area contributed by atoms with Gasteiger partial charge in [-0.2, -0.15) is 0 Å². The Morgan fingerprint density at radius 1 is 1.24 bits per heavy atom. The van der Waals surface area contributed by atoms with Crippen molar-refractivity contribution in [2.45, 2.75) is 58.0 Å². The number of amides is 2. The fourth-order valence-electron chi connectivity index (χ4n) is 2.23. The van der Waals surface area contributed by atoms with E-state index in [-0.39, 0.29) is 12.5 Å². The third-order valence-corrected chi connectivity index (χ3v) is 4.15. The van der Waals surface area contributed by atoms with Gasteiger partial charge in [-0.1, -0.05) is 6.92 Å². The number of nitrogens with zero attached hydrogens (tertiary/aromatic N) is 1. The Morgan fingerprint density at radius 2 is 1.90 bits per heavy atom. The van der Waals surface area contributed by atoms with Gasteiger partial charge in [0.15, 0.2) is 0 Å². The summed E-state index contributed by atoms with van der Waals surface area (Å²) >= 11 is 0. The molecule has 1 rings (SSSR count). The summed E-state index contributed by atoms with van der Waals surface area (Å²) in [6.07, 6.45) is 4.18. The standard InChI is InChI=1S/C15H29N3O3/c1-11(4-7-14(19)20)8-9-16-15(21)17-10-12(2)18(3)13-5-6-13/h11-13H,4-10H2,1-3H3,(H,19,20)(H2,16,17,21). The van der Waals surface area contributed by atoms with E-state index in [1.54, 1.807) is 0 Å². The lowest BCUT2D eigenvalue weighted by molar-refractivity contribution is -0.137. The molecule has 0 aromatic rings. The Balaban J connectivity index is 2.03. The van der Waals surface area contributed by atoms with E-state index < -0.39 is 5.97 Å². The maximum atomic E-state index is 11.7. The first-order valence-corrected chi connectivity index (χ1v) is 7.85. The summed E-state index contributed by atoms with van der Waals surface area (Å²) in [5.41, 5.74) is 0. The molecule has 21 heavy (non-hydrogen) atoms. The molecule has 0 aliphatic heterocycles. The van der Waals surface area contributed by atoms with Crippen LogP contribution in [0.4, 0.5) is 4.79 Å². The van der Waals surface area contributed by atoms with E-state index in [9.17, 15) is 9.59 Å². The van der Waals surface area contributed by atoms with Gasteiger partial charge in [0.25, 0.3) is 0 Å². The third-order valence-electron chi connectivity index (χ3n) is 4.15. The van der Waals surface area contributed by atoms with Crippen LogP contribution in [0.15, 0.2) is 0 Å². The fraction of sp³-hybridized carbons (Fsp3) is 0.867. The van der Waals surface area contributed by atoms with E-state index in [1.165, 1.54) is 12.8 Å². The van der Waals surface area contributed by atoms with Crippen molar-refractivity contribution in [3.8, 4) is 0 Å². The van der Waals surface area contributed by atoms with Crippen molar-refractivity contribution in [2.24, 2.45) is 5.92 Å². The Morgan fingerprint density at radius 3 is 2.48 bits per heavy atom. The molecule has 0 aromatic heterocycles. The molecule has 6 nitrogen and oxygen atoms in total. The van der Waals surface area contributed by atoms with Gasteiger partial charge in [-0.3, -0.25) is 9.69 Å². The van der Waals surface area contributed by atoms with Crippen LogP contribution in [0.2, 0.25) is 0 Å². The number of carboxylic acid groups (broad SMARTS) is 1. The summed E-state index contributed by atoms with van der Waals surface area (Å²) in [6, 6.07) is 0.897. The van der Waals surface area contributed by atoms with Gasteiger partial charge in [-0.05, 0) is 45.6 Å². The van der Waals surface area contributed by atoms with Gasteiger partial charge < -0.3 is 15.7 Å². The molecule has 0 bridgehead atoms. The predicted octanol–water partition coefficient (Wildman–Crippen LogP) is 1.66. The molecule has 0 radical (unpaired) electrons. The normalized spacial score (nSPS) is 17.3. The molecule has 6 heteroatoms.